The summed E-state index contributed by atoms with van der Waals surface area (Å²) in [6.45, 7) is 6.74. The molecular weight excluding hydrogens is 452 g/mol. The fourth-order valence-corrected chi connectivity index (χ4v) is 6.62. The zero-order valence-corrected chi connectivity index (χ0v) is 19.8. The Bertz CT molecular complexity index is 1120. The van der Waals surface area contributed by atoms with Gasteiger partial charge in [-0.3, -0.25) is 0 Å². The van der Waals surface area contributed by atoms with Gasteiger partial charge in [0.2, 0.25) is 0 Å². The first-order valence-electron chi connectivity index (χ1n) is 10.4. The summed E-state index contributed by atoms with van der Waals surface area (Å²) < 4.78 is 14.9. The van der Waals surface area contributed by atoms with Crippen molar-refractivity contribution in [1.29, 1.82) is 0 Å². The van der Waals surface area contributed by atoms with Crippen LogP contribution >= 0.6 is 0 Å². The molecule has 1 aliphatic heterocycles. The van der Waals surface area contributed by atoms with Crippen LogP contribution in [0.15, 0.2) is 84.4 Å². The van der Waals surface area contributed by atoms with Crippen LogP contribution in [-0.4, -0.2) is 25.8 Å². The van der Waals surface area contributed by atoms with Crippen LogP contribution in [0.2, 0.25) is 5.32 Å². The van der Waals surface area contributed by atoms with E-state index < -0.39 is 5.41 Å². The predicted molar refractivity (Wildman–Crippen MR) is 125 cm³/mol. The van der Waals surface area contributed by atoms with Gasteiger partial charge < -0.3 is 0 Å². The second-order valence-corrected chi connectivity index (χ2v) is 10.5. The summed E-state index contributed by atoms with van der Waals surface area (Å²) in [6, 6.07) is 25.1. The molecule has 0 saturated carbocycles. The second kappa shape index (κ2) is 8.82. The normalized spacial score (nSPS) is 18.7. The molecule has 31 heavy (non-hydrogen) atoms. The molecule has 1 unspecified atom stereocenters. The number of hydrogen-bond acceptors (Lipinski definition) is 1. The molecule has 0 radical (unpaired) electrons. The molecule has 1 heterocycles. The van der Waals surface area contributed by atoms with Crippen molar-refractivity contribution in [2.24, 2.45) is 5.41 Å². The molecule has 0 fully saturated rings. The Morgan fingerprint density at radius 1 is 0.935 bits per heavy atom. The molecule has 0 spiro atoms. The number of halogens is 1. The molecule has 0 saturated heterocycles. The van der Waals surface area contributed by atoms with Crippen LogP contribution in [0.3, 0.4) is 0 Å². The van der Waals surface area contributed by atoms with Crippen LogP contribution in [0.1, 0.15) is 30.5 Å². The van der Waals surface area contributed by atoms with Crippen LogP contribution in [-0.2, 0) is 11.3 Å². The van der Waals surface area contributed by atoms with Crippen molar-refractivity contribution in [3.8, 4) is 0 Å². The Hall–Kier alpha value is -2.68. The Morgan fingerprint density at radius 2 is 1.65 bits per heavy atom. The number of benzene rings is 3. The van der Waals surface area contributed by atoms with Crippen molar-refractivity contribution in [2.75, 3.05) is 0 Å². The van der Waals surface area contributed by atoms with Crippen molar-refractivity contribution in [3.05, 3.63) is 107 Å². The minimum atomic E-state index is -0.567. The Labute approximate surface area is 190 Å². The van der Waals surface area contributed by atoms with Gasteiger partial charge in [-0.05, 0) is 0 Å². The fourth-order valence-electron chi connectivity index (χ4n) is 4.02. The van der Waals surface area contributed by atoms with Crippen molar-refractivity contribution < 1.29 is 9.18 Å². The van der Waals surface area contributed by atoms with Gasteiger partial charge in [-0.2, -0.15) is 0 Å². The molecule has 3 aromatic rings. The second-order valence-electron chi connectivity index (χ2n) is 8.29. The van der Waals surface area contributed by atoms with Crippen LogP contribution < -0.4 is 4.46 Å². The molecule has 1 aliphatic rings. The van der Waals surface area contributed by atoms with Gasteiger partial charge >= 0.3 is 190 Å². The average molecular weight is 478 g/mol. The van der Waals surface area contributed by atoms with E-state index in [0.717, 1.165) is 27.7 Å². The van der Waals surface area contributed by atoms with Gasteiger partial charge in [-0.15, -0.1) is 0 Å². The molecule has 3 aromatic carbocycles. The minimum absolute atomic E-state index is 0.128. The molecule has 0 bridgehead atoms. The third-order valence-electron chi connectivity index (χ3n) is 5.99. The van der Waals surface area contributed by atoms with Gasteiger partial charge in [-0.25, -0.2) is 0 Å². The number of rotatable bonds is 6. The summed E-state index contributed by atoms with van der Waals surface area (Å²) >= 11 is 0.175. The van der Waals surface area contributed by atoms with E-state index in [1.54, 1.807) is 12.1 Å². The summed E-state index contributed by atoms with van der Waals surface area (Å²) in [5.41, 5.74) is 4.62. The Balaban J connectivity index is 1.71. The number of nitrogens with zero attached hydrogens (tertiary/aromatic N) is 1. The SMILES string of the molecule is CC1=C(c2ccc(F)cc2)N(Cc2ccccc2)C(=O)C1(C)C[Se]c1cccc(C)c1. The summed E-state index contributed by atoms with van der Waals surface area (Å²) in [4.78, 5) is 15.7. The monoisotopic (exact) mass is 479 g/mol. The maximum absolute atomic E-state index is 13.8. The van der Waals surface area contributed by atoms with Crippen LogP contribution in [0.4, 0.5) is 4.39 Å². The summed E-state index contributed by atoms with van der Waals surface area (Å²) in [7, 11) is 0. The molecule has 0 aromatic heterocycles. The van der Waals surface area contributed by atoms with Gasteiger partial charge in [0.1, 0.15) is 0 Å². The molecule has 1 amide bonds. The van der Waals surface area contributed by atoms with E-state index in [0.29, 0.717) is 6.54 Å². The number of amides is 1. The van der Waals surface area contributed by atoms with Crippen molar-refractivity contribution in [2.45, 2.75) is 32.6 Å². The zero-order chi connectivity index (χ0) is 22.0. The van der Waals surface area contributed by atoms with Gasteiger partial charge in [0, 0.05) is 0 Å². The molecule has 2 nitrogen and oxygen atoms in total. The van der Waals surface area contributed by atoms with Crippen LogP contribution in [0.25, 0.3) is 5.70 Å². The first kappa shape index (κ1) is 21.5. The number of hydrogen-bond donors (Lipinski definition) is 0. The number of carbonyl (C=O) groups is 1. The van der Waals surface area contributed by atoms with E-state index in [9.17, 15) is 9.18 Å². The molecule has 0 aliphatic carbocycles. The average Bonchev–Trinajstić information content (AvgIpc) is 2.95. The molecule has 4 rings (SSSR count). The molecule has 158 valence electrons. The van der Waals surface area contributed by atoms with Crippen molar-refractivity contribution in [1.82, 2.24) is 4.90 Å². The topological polar surface area (TPSA) is 20.3 Å². The first-order valence-corrected chi connectivity index (χ1v) is 12.5. The standard InChI is InChI=1S/C27H26FNOSe/c1-19-8-7-11-24(16-19)31-18-27(3)20(2)25(22-12-14-23(28)15-13-22)29(26(27)30)17-21-9-5-4-6-10-21/h4-16H,17-18H2,1-3H3. The van der Waals surface area contributed by atoms with E-state index >= 15 is 0 Å². The Morgan fingerprint density at radius 3 is 2.32 bits per heavy atom. The van der Waals surface area contributed by atoms with E-state index in [-0.39, 0.29) is 26.7 Å². The van der Waals surface area contributed by atoms with Crippen molar-refractivity contribution >= 4 is 31.0 Å². The molecule has 1 atom stereocenters. The number of carbonyl (C=O) groups excluding carboxylic acids is 1. The summed E-state index contributed by atoms with van der Waals surface area (Å²) in [5.74, 6) is -0.144. The number of aryl methyl sites for hydroxylation is 1. The van der Waals surface area contributed by atoms with Gasteiger partial charge in [0.05, 0.1) is 0 Å². The van der Waals surface area contributed by atoms with Crippen molar-refractivity contribution in [3.63, 3.8) is 0 Å². The zero-order valence-electron chi connectivity index (χ0n) is 18.1. The summed E-state index contributed by atoms with van der Waals surface area (Å²) in [6.07, 6.45) is 0. The molecule has 4 heteroatoms. The van der Waals surface area contributed by atoms with E-state index in [1.165, 1.54) is 22.2 Å². The van der Waals surface area contributed by atoms with E-state index in [4.69, 9.17) is 0 Å². The molecule has 0 N–H and O–H groups in total. The van der Waals surface area contributed by atoms with Gasteiger partial charge in [0.15, 0.2) is 0 Å². The summed E-state index contributed by atoms with van der Waals surface area (Å²) in [5, 5.41) is 0.796. The first-order chi connectivity index (χ1) is 14.9. The third-order valence-corrected chi connectivity index (χ3v) is 8.73. The molecular formula is C27H26FNOSe. The quantitative estimate of drug-likeness (QED) is 0.437. The van der Waals surface area contributed by atoms with Gasteiger partial charge in [0.25, 0.3) is 0 Å². The van der Waals surface area contributed by atoms with E-state index in [1.807, 2.05) is 35.2 Å². The van der Waals surface area contributed by atoms with Crippen LogP contribution in [0, 0.1) is 18.2 Å². The Kier molecular flexibility index (Phi) is 6.13. The van der Waals surface area contributed by atoms with Gasteiger partial charge in [-0.1, -0.05) is 0 Å². The maximum atomic E-state index is 13.8. The van der Waals surface area contributed by atoms with Crippen LogP contribution in [0.5, 0.6) is 0 Å². The fraction of sp³-hybridized carbons (Fsp3) is 0.222. The third kappa shape index (κ3) is 4.37. The predicted octanol–water partition coefficient (Wildman–Crippen LogP) is 5.36. The van der Waals surface area contributed by atoms with E-state index in [2.05, 4.69) is 45.0 Å².